The van der Waals surface area contributed by atoms with Gasteiger partial charge in [-0.15, -0.1) is 0 Å². The first kappa shape index (κ1) is 23.0. The molecule has 37 heavy (non-hydrogen) atoms. The molecule has 5 heteroatoms. The van der Waals surface area contributed by atoms with Gasteiger partial charge in [0.1, 0.15) is 0 Å². The molecule has 0 saturated heterocycles. The van der Waals surface area contributed by atoms with Crippen molar-refractivity contribution in [3.63, 3.8) is 0 Å². The fraction of sp³-hybridized carbons (Fsp3) is 0.188. The molecule has 0 fully saturated rings. The zero-order valence-corrected chi connectivity index (χ0v) is 21.4. The molecule has 1 aromatic heterocycles. The standard InChI is InChI=1S/C32H28N2O3/c1-18-10-9-11-21(16-18)17-34-20(3)27(24-14-7-8-15-25(24)34)28-26(32(36)37-4)19(2)33-30-22-12-5-6-13-23(22)31(35)29(28)30/h5-16,28,33H,17H2,1-4H3/t28-/m0/s1. The molecule has 0 saturated carbocycles. The number of benzene rings is 3. The molecular weight excluding hydrogens is 460 g/mol. The molecule has 5 nitrogen and oxygen atoms in total. The van der Waals surface area contributed by atoms with Gasteiger partial charge < -0.3 is 14.6 Å². The highest BCUT2D eigenvalue weighted by atomic mass is 16.5. The second-order valence-corrected chi connectivity index (χ2v) is 9.84. The molecule has 4 aromatic rings. The van der Waals surface area contributed by atoms with Gasteiger partial charge in [0.05, 0.1) is 24.3 Å². The molecule has 3 aromatic carbocycles. The van der Waals surface area contributed by atoms with Crippen LogP contribution in [-0.2, 0) is 16.1 Å². The molecule has 2 aliphatic rings. The quantitative estimate of drug-likeness (QED) is 0.356. The highest BCUT2D eigenvalue weighted by Gasteiger charge is 2.44. The van der Waals surface area contributed by atoms with Crippen molar-refractivity contribution in [2.24, 2.45) is 0 Å². The number of fused-ring (bicyclic) bond motifs is 3. The van der Waals surface area contributed by atoms with Gasteiger partial charge in [-0.2, -0.15) is 0 Å². The number of hydrogen-bond donors (Lipinski definition) is 1. The monoisotopic (exact) mass is 488 g/mol. The SMILES string of the molecule is COC(=O)C1=C(C)NC2=C(C(=O)c3ccccc32)[C@@H]1c1c(C)n(Cc2cccc(C)c2)c2ccccc12. The number of esters is 1. The van der Waals surface area contributed by atoms with Crippen LogP contribution in [0.3, 0.4) is 0 Å². The summed E-state index contributed by atoms with van der Waals surface area (Å²) in [5.74, 6) is -1.03. The summed E-state index contributed by atoms with van der Waals surface area (Å²) in [5, 5.41) is 4.41. The summed E-state index contributed by atoms with van der Waals surface area (Å²) in [6.45, 7) is 6.76. The minimum atomic E-state index is -0.549. The maximum Gasteiger partial charge on any atom is 0.336 e. The van der Waals surface area contributed by atoms with Crippen LogP contribution in [0.15, 0.2) is 89.6 Å². The number of nitrogens with one attached hydrogen (secondary N) is 1. The molecule has 1 aliphatic carbocycles. The van der Waals surface area contributed by atoms with Crippen molar-refractivity contribution in [3.8, 4) is 0 Å². The first-order chi connectivity index (χ1) is 17.9. The Morgan fingerprint density at radius 1 is 0.946 bits per heavy atom. The molecule has 0 amide bonds. The lowest BCUT2D eigenvalue weighted by molar-refractivity contribution is -0.136. The Bertz CT molecular complexity index is 1690. The lowest BCUT2D eigenvalue weighted by Crippen LogP contribution is -2.29. The molecule has 184 valence electrons. The Kier molecular flexibility index (Phi) is 5.37. The molecule has 1 aliphatic heterocycles. The zero-order valence-electron chi connectivity index (χ0n) is 21.4. The van der Waals surface area contributed by atoms with Crippen LogP contribution in [0.2, 0.25) is 0 Å². The number of aromatic nitrogens is 1. The Balaban J connectivity index is 1.62. The van der Waals surface area contributed by atoms with Gasteiger partial charge in [-0.25, -0.2) is 4.79 Å². The third-order valence-electron chi connectivity index (χ3n) is 7.65. The number of dihydropyridines is 1. The second kappa shape index (κ2) is 8.63. The van der Waals surface area contributed by atoms with E-state index in [0.717, 1.165) is 33.4 Å². The zero-order chi connectivity index (χ0) is 25.8. The van der Waals surface area contributed by atoms with Crippen LogP contribution < -0.4 is 5.32 Å². The van der Waals surface area contributed by atoms with Crippen molar-refractivity contribution in [1.29, 1.82) is 0 Å². The molecule has 6 rings (SSSR count). The second-order valence-electron chi connectivity index (χ2n) is 9.84. The number of hydrogen-bond acceptors (Lipinski definition) is 4. The smallest absolute Gasteiger partial charge is 0.336 e. The van der Waals surface area contributed by atoms with Crippen molar-refractivity contribution in [1.82, 2.24) is 9.88 Å². The van der Waals surface area contributed by atoms with Crippen LogP contribution in [0, 0.1) is 13.8 Å². The summed E-state index contributed by atoms with van der Waals surface area (Å²) in [6.07, 6.45) is 0. The average molecular weight is 489 g/mol. The molecule has 0 radical (unpaired) electrons. The highest BCUT2D eigenvalue weighted by Crippen LogP contribution is 2.49. The summed E-state index contributed by atoms with van der Waals surface area (Å²) < 4.78 is 7.55. The first-order valence-corrected chi connectivity index (χ1v) is 12.5. The van der Waals surface area contributed by atoms with Crippen LogP contribution in [0.25, 0.3) is 16.6 Å². The van der Waals surface area contributed by atoms with E-state index in [0.29, 0.717) is 29.0 Å². The molecular formula is C32H28N2O3. The number of Topliss-reactive ketones (excluding diaryl/α,β-unsaturated/α-hetero) is 1. The van der Waals surface area contributed by atoms with E-state index in [1.165, 1.54) is 18.2 Å². The lowest BCUT2D eigenvalue weighted by Gasteiger charge is -2.29. The number of para-hydroxylation sites is 1. The fourth-order valence-corrected chi connectivity index (χ4v) is 6.02. The van der Waals surface area contributed by atoms with Gasteiger partial charge in [0.15, 0.2) is 5.78 Å². The van der Waals surface area contributed by atoms with E-state index in [2.05, 4.69) is 60.1 Å². The number of allylic oxidation sites excluding steroid dienone is 2. The number of carbonyl (C=O) groups is 2. The number of carbonyl (C=O) groups excluding carboxylic acids is 2. The van der Waals surface area contributed by atoms with Crippen molar-refractivity contribution < 1.29 is 14.3 Å². The normalized spacial score (nSPS) is 16.6. The third kappa shape index (κ3) is 3.45. The van der Waals surface area contributed by atoms with Crippen LogP contribution in [0.1, 0.15) is 51.1 Å². The number of aryl methyl sites for hydroxylation is 1. The Morgan fingerprint density at radius 2 is 1.68 bits per heavy atom. The molecule has 0 spiro atoms. The van der Waals surface area contributed by atoms with Crippen molar-refractivity contribution in [2.45, 2.75) is 33.2 Å². The lowest BCUT2D eigenvalue weighted by atomic mass is 9.78. The van der Waals surface area contributed by atoms with Crippen LogP contribution in [0.4, 0.5) is 0 Å². The minimum absolute atomic E-state index is 0.0491. The van der Waals surface area contributed by atoms with E-state index in [1.54, 1.807) is 0 Å². The van der Waals surface area contributed by atoms with E-state index < -0.39 is 11.9 Å². The van der Waals surface area contributed by atoms with Crippen molar-refractivity contribution >= 4 is 28.4 Å². The fourth-order valence-electron chi connectivity index (χ4n) is 6.02. The Morgan fingerprint density at radius 3 is 2.43 bits per heavy atom. The maximum atomic E-state index is 13.9. The summed E-state index contributed by atoms with van der Waals surface area (Å²) in [7, 11) is 1.39. The van der Waals surface area contributed by atoms with Gasteiger partial charge in [0.2, 0.25) is 0 Å². The highest BCUT2D eigenvalue weighted by molar-refractivity contribution is 6.23. The van der Waals surface area contributed by atoms with E-state index in [9.17, 15) is 9.59 Å². The molecule has 0 bridgehead atoms. The van der Waals surface area contributed by atoms with E-state index >= 15 is 0 Å². The molecule has 0 unspecified atom stereocenters. The largest absolute Gasteiger partial charge is 0.466 e. The van der Waals surface area contributed by atoms with Gasteiger partial charge in [-0.1, -0.05) is 72.3 Å². The van der Waals surface area contributed by atoms with Crippen LogP contribution >= 0.6 is 0 Å². The number of rotatable bonds is 4. The van der Waals surface area contributed by atoms with Crippen LogP contribution in [0.5, 0.6) is 0 Å². The number of ether oxygens (including phenoxy) is 1. The van der Waals surface area contributed by atoms with E-state index in [4.69, 9.17) is 4.74 Å². The number of ketones is 1. The van der Waals surface area contributed by atoms with Gasteiger partial charge in [-0.3, -0.25) is 4.79 Å². The summed E-state index contributed by atoms with van der Waals surface area (Å²) in [6, 6.07) is 24.4. The van der Waals surface area contributed by atoms with Crippen LogP contribution in [-0.4, -0.2) is 23.4 Å². The minimum Gasteiger partial charge on any atom is -0.466 e. The predicted molar refractivity (Wildman–Crippen MR) is 145 cm³/mol. The summed E-state index contributed by atoms with van der Waals surface area (Å²) in [5.41, 5.74) is 9.57. The molecule has 1 atom stereocenters. The van der Waals surface area contributed by atoms with Gasteiger partial charge >= 0.3 is 5.97 Å². The van der Waals surface area contributed by atoms with E-state index in [-0.39, 0.29) is 5.78 Å². The van der Waals surface area contributed by atoms with Gasteiger partial charge in [-0.05, 0) is 38.0 Å². The Hall–Kier alpha value is -4.38. The third-order valence-corrected chi connectivity index (χ3v) is 7.65. The summed E-state index contributed by atoms with van der Waals surface area (Å²) in [4.78, 5) is 27.1. The van der Waals surface area contributed by atoms with Gasteiger partial charge in [0.25, 0.3) is 0 Å². The maximum absolute atomic E-state index is 13.9. The topological polar surface area (TPSA) is 60.3 Å². The average Bonchev–Trinajstić information content (AvgIpc) is 3.34. The van der Waals surface area contributed by atoms with E-state index in [1.807, 2.05) is 43.3 Å². The summed E-state index contributed by atoms with van der Waals surface area (Å²) >= 11 is 0. The predicted octanol–water partition coefficient (Wildman–Crippen LogP) is 6.05. The number of nitrogens with zero attached hydrogens (tertiary/aromatic N) is 1. The molecule has 1 N–H and O–H groups in total. The first-order valence-electron chi connectivity index (χ1n) is 12.5. The number of methoxy groups -OCH3 is 1. The van der Waals surface area contributed by atoms with Crippen molar-refractivity contribution in [3.05, 3.63) is 123 Å². The van der Waals surface area contributed by atoms with Crippen molar-refractivity contribution in [2.75, 3.05) is 7.11 Å². The molecule has 2 heterocycles. The Labute approximate surface area is 216 Å². The van der Waals surface area contributed by atoms with Gasteiger partial charge in [0, 0.05) is 45.5 Å².